The van der Waals surface area contributed by atoms with Gasteiger partial charge in [0.2, 0.25) is 0 Å². The molecule has 0 saturated heterocycles. The molecule has 0 aliphatic carbocycles. The van der Waals surface area contributed by atoms with E-state index in [1.807, 2.05) is 61.5 Å². The number of nitrogens with one attached hydrogen (secondary N) is 1. The predicted octanol–water partition coefficient (Wildman–Crippen LogP) is 7.19. The number of benzene rings is 3. The smallest absolute Gasteiger partial charge is 0.258 e. The zero-order valence-corrected chi connectivity index (χ0v) is 18.8. The summed E-state index contributed by atoms with van der Waals surface area (Å²) >= 11 is 12.4. The number of amides is 1. The van der Waals surface area contributed by atoms with Crippen LogP contribution in [0.1, 0.15) is 21.5 Å². The zero-order chi connectivity index (χ0) is 22.5. The van der Waals surface area contributed by atoms with Crippen molar-refractivity contribution in [1.82, 2.24) is 4.98 Å². The second kappa shape index (κ2) is 9.86. The number of aryl methyl sites for hydroxylation is 1. The Kier molecular flexibility index (Phi) is 6.74. The van der Waals surface area contributed by atoms with Crippen molar-refractivity contribution in [3.63, 3.8) is 0 Å². The number of para-hydroxylation sites is 1. The second-order valence-electron chi connectivity index (χ2n) is 7.15. The minimum atomic E-state index is -0.399. The van der Waals surface area contributed by atoms with Gasteiger partial charge in [0, 0.05) is 17.1 Å². The van der Waals surface area contributed by atoms with Crippen LogP contribution < -0.4 is 10.1 Å². The topological polar surface area (TPSA) is 51.2 Å². The molecule has 0 aliphatic rings. The van der Waals surface area contributed by atoms with E-state index in [2.05, 4.69) is 10.3 Å². The number of halogens is 2. The molecular formula is C26H20Cl2N2O2. The third-order valence-corrected chi connectivity index (χ3v) is 5.53. The largest absolute Gasteiger partial charge is 0.488 e. The van der Waals surface area contributed by atoms with Gasteiger partial charge in [-0.25, -0.2) is 0 Å². The van der Waals surface area contributed by atoms with E-state index in [-0.39, 0.29) is 15.6 Å². The molecule has 0 atom stereocenters. The lowest BCUT2D eigenvalue weighted by atomic mass is 10.1. The Morgan fingerprint density at radius 2 is 1.72 bits per heavy atom. The van der Waals surface area contributed by atoms with Gasteiger partial charge in [0.1, 0.15) is 12.4 Å². The molecule has 160 valence electrons. The SMILES string of the molecule is Cc1cnc2c(NC(=O)c3c(Cl)cccc3Cl)cccc2c1OC/C=C/c1ccccc1. The van der Waals surface area contributed by atoms with Crippen molar-refractivity contribution in [1.29, 1.82) is 0 Å². The minimum absolute atomic E-state index is 0.225. The first-order valence-electron chi connectivity index (χ1n) is 10.0. The van der Waals surface area contributed by atoms with Crippen LogP contribution in [0.2, 0.25) is 10.0 Å². The third-order valence-electron chi connectivity index (χ3n) is 4.90. The number of hydrogen-bond acceptors (Lipinski definition) is 3. The average molecular weight is 463 g/mol. The Bertz CT molecular complexity index is 1280. The van der Waals surface area contributed by atoms with Gasteiger partial charge in [-0.2, -0.15) is 0 Å². The van der Waals surface area contributed by atoms with Crippen molar-refractivity contribution in [2.45, 2.75) is 6.92 Å². The summed E-state index contributed by atoms with van der Waals surface area (Å²) in [6.07, 6.45) is 5.71. The molecule has 0 unspecified atom stereocenters. The number of fused-ring (bicyclic) bond motifs is 1. The summed E-state index contributed by atoms with van der Waals surface area (Å²) < 4.78 is 6.07. The highest BCUT2D eigenvalue weighted by Gasteiger charge is 2.17. The van der Waals surface area contributed by atoms with Crippen LogP contribution >= 0.6 is 23.2 Å². The van der Waals surface area contributed by atoms with Crippen LogP contribution in [0, 0.1) is 6.92 Å². The third kappa shape index (κ3) is 4.77. The number of anilines is 1. The Morgan fingerprint density at radius 3 is 2.47 bits per heavy atom. The van der Waals surface area contributed by atoms with E-state index in [1.54, 1.807) is 30.5 Å². The van der Waals surface area contributed by atoms with Crippen LogP contribution in [0.3, 0.4) is 0 Å². The summed E-state index contributed by atoms with van der Waals surface area (Å²) in [5.74, 6) is 0.323. The minimum Gasteiger partial charge on any atom is -0.488 e. The summed E-state index contributed by atoms with van der Waals surface area (Å²) in [6, 6.07) is 20.5. The quantitative estimate of drug-likeness (QED) is 0.329. The molecule has 0 aliphatic heterocycles. The predicted molar refractivity (Wildman–Crippen MR) is 132 cm³/mol. The molecule has 1 amide bonds. The molecule has 32 heavy (non-hydrogen) atoms. The molecule has 1 N–H and O–H groups in total. The number of hydrogen-bond donors (Lipinski definition) is 1. The molecule has 4 aromatic rings. The first-order valence-corrected chi connectivity index (χ1v) is 10.8. The maximum absolute atomic E-state index is 12.8. The van der Waals surface area contributed by atoms with Crippen molar-refractivity contribution in [3.05, 3.63) is 106 Å². The Morgan fingerprint density at radius 1 is 1.00 bits per heavy atom. The molecule has 1 heterocycles. The molecule has 4 rings (SSSR count). The zero-order valence-electron chi connectivity index (χ0n) is 17.3. The second-order valence-corrected chi connectivity index (χ2v) is 7.96. The number of carbonyl (C=O) groups excluding carboxylic acids is 1. The van der Waals surface area contributed by atoms with E-state index < -0.39 is 5.91 Å². The average Bonchev–Trinajstić information content (AvgIpc) is 2.78. The van der Waals surface area contributed by atoms with Crippen molar-refractivity contribution in [2.24, 2.45) is 0 Å². The first-order chi connectivity index (χ1) is 15.5. The van der Waals surface area contributed by atoms with Gasteiger partial charge in [0.15, 0.2) is 0 Å². The Hall–Kier alpha value is -3.34. The molecule has 3 aromatic carbocycles. The van der Waals surface area contributed by atoms with Crippen molar-refractivity contribution >= 4 is 51.8 Å². The fraction of sp³-hybridized carbons (Fsp3) is 0.0769. The van der Waals surface area contributed by atoms with Crippen LogP contribution in [-0.2, 0) is 0 Å². The summed E-state index contributed by atoms with van der Waals surface area (Å²) in [6.45, 7) is 2.35. The molecule has 0 saturated carbocycles. The number of ether oxygens (including phenoxy) is 1. The van der Waals surface area contributed by atoms with Crippen molar-refractivity contribution in [3.8, 4) is 5.75 Å². The number of pyridine rings is 1. The summed E-state index contributed by atoms with van der Waals surface area (Å²) in [5.41, 5.74) is 3.41. The van der Waals surface area contributed by atoms with Crippen LogP contribution in [0.4, 0.5) is 5.69 Å². The van der Waals surface area contributed by atoms with Gasteiger partial charge in [-0.15, -0.1) is 0 Å². The van der Waals surface area contributed by atoms with E-state index in [0.717, 1.165) is 22.3 Å². The molecular weight excluding hydrogens is 443 g/mol. The normalized spacial score (nSPS) is 11.1. The lowest BCUT2D eigenvalue weighted by Crippen LogP contribution is -2.13. The molecule has 0 spiro atoms. The van der Waals surface area contributed by atoms with Gasteiger partial charge in [-0.1, -0.05) is 71.7 Å². The summed E-state index contributed by atoms with van der Waals surface area (Å²) in [4.78, 5) is 17.4. The first kappa shape index (κ1) is 21.9. The summed E-state index contributed by atoms with van der Waals surface area (Å²) in [5, 5.41) is 4.26. The lowest BCUT2D eigenvalue weighted by molar-refractivity contribution is 0.102. The Labute approximate surface area is 196 Å². The van der Waals surface area contributed by atoms with Crippen molar-refractivity contribution < 1.29 is 9.53 Å². The lowest BCUT2D eigenvalue weighted by Gasteiger charge is -2.14. The van der Waals surface area contributed by atoms with Crippen molar-refractivity contribution in [2.75, 3.05) is 11.9 Å². The van der Waals surface area contributed by atoms with E-state index in [0.29, 0.717) is 17.8 Å². The number of aromatic nitrogens is 1. The number of carbonyl (C=O) groups is 1. The molecule has 6 heteroatoms. The van der Waals surface area contributed by atoms with Gasteiger partial charge in [0.05, 0.1) is 26.8 Å². The van der Waals surface area contributed by atoms with Crippen LogP contribution in [-0.4, -0.2) is 17.5 Å². The highest BCUT2D eigenvalue weighted by molar-refractivity contribution is 6.40. The molecule has 0 bridgehead atoms. The maximum Gasteiger partial charge on any atom is 0.258 e. The fourth-order valence-electron chi connectivity index (χ4n) is 3.37. The van der Waals surface area contributed by atoms with Gasteiger partial charge in [0.25, 0.3) is 5.91 Å². The van der Waals surface area contributed by atoms with Crippen LogP contribution in [0.5, 0.6) is 5.75 Å². The van der Waals surface area contributed by atoms with Crippen LogP contribution in [0.15, 0.2) is 79.0 Å². The van der Waals surface area contributed by atoms with Gasteiger partial charge in [-0.3, -0.25) is 9.78 Å². The molecule has 0 radical (unpaired) electrons. The van der Waals surface area contributed by atoms with Gasteiger partial charge < -0.3 is 10.1 Å². The standard InChI is InChI=1S/C26H20Cl2N2O2/c1-17-16-29-24-19(25(17)32-15-7-10-18-8-3-2-4-9-18)11-5-14-22(24)30-26(31)23-20(27)12-6-13-21(23)28/h2-14,16H,15H2,1H3,(H,30,31)/b10-7+. The summed E-state index contributed by atoms with van der Waals surface area (Å²) in [7, 11) is 0. The fourth-order valence-corrected chi connectivity index (χ4v) is 3.94. The molecule has 4 nitrogen and oxygen atoms in total. The van der Waals surface area contributed by atoms with E-state index in [1.165, 1.54) is 0 Å². The number of nitrogens with zero attached hydrogens (tertiary/aromatic N) is 1. The highest BCUT2D eigenvalue weighted by atomic mass is 35.5. The van der Waals surface area contributed by atoms with E-state index >= 15 is 0 Å². The van der Waals surface area contributed by atoms with Crippen LogP contribution in [0.25, 0.3) is 17.0 Å². The molecule has 1 aromatic heterocycles. The Balaban J connectivity index is 1.60. The van der Waals surface area contributed by atoms with E-state index in [4.69, 9.17) is 27.9 Å². The van der Waals surface area contributed by atoms with E-state index in [9.17, 15) is 4.79 Å². The monoisotopic (exact) mass is 462 g/mol. The van der Waals surface area contributed by atoms with Gasteiger partial charge in [-0.05, 0) is 42.8 Å². The maximum atomic E-state index is 12.8. The molecule has 0 fully saturated rings. The number of rotatable bonds is 6. The van der Waals surface area contributed by atoms with Gasteiger partial charge >= 0.3 is 0 Å². The highest BCUT2D eigenvalue weighted by Crippen LogP contribution is 2.33.